The van der Waals surface area contributed by atoms with E-state index in [-0.39, 0.29) is 5.91 Å². The molecule has 1 aromatic carbocycles. The maximum Gasteiger partial charge on any atom is 0.251 e. The van der Waals surface area contributed by atoms with Gasteiger partial charge in [-0.3, -0.25) is 9.10 Å². The fourth-order valence-electron chi connectivity index (χ4n) is 3.96. The molecule has 1 aliphatic rings. The van der Waals surface area contributed by atoms with Gasteiger partial charge in [0.15, 0.2) is 0 Å². The normalized spacial score (nSPS) is 21.1. The van der Waals surface area contributed by atoms with Gasteiger partial charge in [0.05, 0.1) is 11.9 Å². The molecule has 1 amide bonds. The summed E-state index contributed by atoms with van der Waals surface area (Å²) in [5.41, 5.74) is 1.71. The molecule has 1 fully saturated rings. The molecule has 0 bridgehead atoms. The van der Waals surface area contributed by atoms with Crippen LogP contribution in [0.15, 0.2) is 18.2 Å². The lowest BCUT2D eigenvalue weighted by atomic mass is 9.92. The highest BCUT2D eigenvalue weighted by atomic mass is 32.2. The van der Waals surface area contributed by atoms with Crippen molar-refractivity contribution in [3.05, 3.63) is 29.3 Å². The van der Waals surface area contributed by atoms with E-state index in [1.165, 1.54) is 17.8 Å². The van der Waals surface area contributed by atoms with Crippen LogP contribution >= 0.6 is 0 Å². The first kappa shape index (κ1) is 21.7. The van der Waals surface area contributed by atoms with Crippen molar-refractivity contribution in [3.63, 3.8) is 0 Å². The van der Waals surface area contributed by atoms with Gasteiger partial charge in [-0.2, -0.15) is 0 Å². The smallest absolute Gasteiger partial charge is 0.251 e. The molecule has 2 rings (SSSR count). The number of likely N-dealkylation sites (tertiary alicyclic amines) is 1. The Morgan fingerprint density at radius 2 is 1.89 bits per heavy atom. The summed E-state index contributed by atoms with van der Waals surface area (Å²) in [5.74, 6) is 1.32. The van der Waals surface area contributed by atoms with Crippen molar-refractivity contribution in [1.29, 1.82) is 0 Å². The minimum Gasteiger partial charge on any atom is -0.352 e. The van der Waals surface area contributed by atoms with Crippen LogP contribution in [0.1, 0.15) is 42.6 Å². The molecule has 152 valence electrons. The third-order valence-corrected chi connectivity index (χ3v) is 6.46. The predicted octanol–water partition coefficient (Wildman–Crippen LogP) is 2.49. The fourth-order valence-corrected chi connectivity index (χ4v) is 4.52. The molecule has 6 nitrogen and oxygen atoms in total. The molecule has 27 heavy (non-hydrogen) atoms. The second-order valence-electron chi connectivity index (χ2n) is 8.00. The van der Waals surface area contributed by atoms with Crippen LogP contribution in [0.3, 0.4) is 0 Å². The number of rotatable bonds is 7. The van der Waals surface area contributed by atoms with Gasteiger partial charge in [0.25, 0.3) is 5.91 Å². The molecule has 0 aliphatic carbocycles. The van der Waals surface area contributed by atoms with Crippen molar-refractivity contribution < 1.29 is 13.2 Å². The summed E-state index contributed by atoms with van der Waals surface area (Å²) in [5, 5.41) is 2.97. The van der Waals surface area contributed by atoms with Crippen LogP contribution in [0, 0.1) is 18.8 Å². The summed E-state index contributed by atoms with van der Waals surface area (Å²) in [6.07, 6.45) is 3.36. The minimum atomic E-state index is -3.37. The summed E-state index contributed by atoms with van der Waals surface area (Å²) in [6, 6.07) is 5.17. The average Bonchev–Trinajstić information content (AvgIpc) is 2.56. The first-order valence-corrected chi connectivity index (χ1v) is 11.5. The Morgan fingerprint density at radius 1 is 1.26 bits per heavy atom. The molecular formula is C20H33N3O3S. The van der Waals surface area contributed by atoms with Gasteiger partial charge in [0.1, 0.15) is 0 Å². The van der Waals surface area contributed by atoms with Gasteiger partial charge in [-0.1, -0.05) is 19.9 Å². The number of benzene rings is 1. The molecule has 0 aromatic heterocycles. The van der Waals surface area contributed by atoms with Gasteiger partial charge in [-0.25, -0.2) is 8.42 Å². The Kier molecular flexibility index (Phi) is 7.28. The highest BCUT2D eigenvalue weighted by molar-refractivity contribution is 7.92. The van der Waals surface area contributed by atoms with E-state index < -0.39 is 10.0 Å². The Bertz CT molecular complexity index is 754. The van der Waals surface area contributed by atoms with Crippen LogP contribution < -0.4 is 9.62 Å². The molecule has 1 saturated heterocycles. The number of carbonyl (C=O) groups is 1. The average molecular weight is 396 g/mol. The van der Waals surface area contributed by atoms with Crippen molar-refractivity contribution >= 4 is 21.6 Å². The topological polar surface area (TPSA) is 69.7 Å². The van der Waals surface area contributed by atoms with Gasteiger partial charge >= 0.3 is 0 Å². The number of nitrogens with one attached hydrogen (secondary N) is 1. The van der Waals surface area contributed by atoms with E-state index in [0.29, 0.717) is 23.4 Å². The van der Waals surface area contributed by atoms with Gasteiger partial charge in [0, 0.05) is 32.2 Å². The molecule has 2 atom stereocenters. The second kappa shape index (κ2) is 9.06. The van der Waals surface area contributed by atoms with Crippen LogP contribution in [0.5, 0.6) is 0 Å². The monoisotopic (exact) mass is 395 g/mol. The van der Waals surface area contributed by atoms with E-state index >= 15 is 0 Å². The number of carbonyl (C=O) groups excluding carboxylic acids is 1. The van der Waals surface area contributed by atoms with Crippen LogP contribution in [-0.4, -0.2) is 58.7 Å². The van der Waals surface area contributed by atoms with E-state index in [1.54, 1.807) is 25.1 Å². The molecule has 0 saturated carbocycles. The Morgan fingerprint density at radius 3 is 2.48 bits per heavy atom. The number of piperidine rings is 1. The molecule has 0 radical (unpaired) electrons. The number of hydrogen-bond donors (Lipinski definition) is 1. The van der Waals surface area contributed by atoms with E-state index in [0.717, 1.165) is 44.1 Å². The Labute approximate surface area is 164 Å². The van der Waals surface area contributed by atoms with Crippen molar-refractivity contribution in [2.75, 3.05) is 43.8 Å². The largest absolute Gasteiger partial charge is 0.352 e. The maximum absolute atomic E-state index is 12.6. The minimum absolute atomic E-state index is 0.156. The zero-order chi connectivity index (χ0) is 20.2. The van der Waals surface area contributed by atoms with Crippen molar-refractivity contribution in [1.82, 2.24) is 10.2 Å². The van der Waals surface area contributed by atoms with Crippen molar-refractivity contribution in [2.24, 2.45) is 11.8 Å². The third-order valence-electron chi connectivity index (χ3n) is 5.27. The Balaban J connectivity index is 1.91. The summed E-state index contributed by atoms with van der Waals surface area (Å²) in [6.45, 7) is 10.3. The highest BCUT2D eigenvalue weighted by Crippen LogP contribution is 2.24. The van der Waals surface area contributed by atoms with Gasteiger partial charge < -0.3 is 10.2 Å². The first-order valence-electron chi connectivity index (χ1n) is 9.63. The molecule has 0 unspecified atom stereocenters. The van der Waals surface area contributed by atoms with Gasteiger partial charge in [-0.15, -0.1) is 0 Å². The van der Waals surface area contributed by atoms with Crippen LogP contribution in [0.2, 0.25) is 0 Å². The first-order chi connectivity index (χ1) is 12.6. The summed E-state index contributed by atoms with van der Waals surface area (Å²) in [7, 11) is -1.87. The van der Waals surface area contributed by atoms with Crippen LogP contribution in [0.25, 0.3) is 0 Å². The Hall–Kier alpha value is -1.60. The second-order valence-corrected chi connectivity index (χ2v) is 10.0. The molecule has 1 aromatic rings. The lowest BCUT2D eigenvalue weighted by Gasteiger charge is -2.34. The highest BCUT2D eigenvalue weighted by Gasteiger charge is 2.21. The summed E-state index contributed by atoms with van der Waals surface area (Å²) >= 11 is 0. The van der Waals surface area contributed by atoms with E-state index in [9.17, 15) is 13.2 Å². The number of hydrogen-bond acceptors (Lipinski definition) is 4. The molecule has 1 N–H and O–H groups in total. The zero-order valence-corrected chi connectivity index (χ0v) is 18.0. The molecule has 7 heteroatoms. The number of anilines is 1. The standard InChI is InChI=1S/C20H33N3O3S/c1-15-12-16(2)14-23(13-15)11-7-10-21-20(24)18-8-6-9-19(17(18)3)22(4)27(5,25)26/h6,8-9,15-16H,7,10-14H2,1-5H3,(H,21,24)/t15-,16+. The van der Waals surface area contributed by atoms with Crippen LogP contribution in [0.4, 0.5) is 5.69 Å². The lowest BCUT2D eigenvalue weighted by Crippen LogP contribution is -2.40. The molecular weight excluding hydrogens is 362 g/mol. The number of sulfonamides is 1. The van der Waals surface area contributed by atoms with Crippen molar-refractivity contribution in [3.8, 4) is 0 Å². The maximum atomic E-state index is 12.6. The van der Waals surface area contributed by atoms with E-state index in [2.05, 4.69) is 24.1 Å². The molecule has 0 spiro atoms. The van der Waals surface area contributed by atoms with Crippen molar-refractivity contribution in [2.45, 2.75) is 33.6 Å². The number of nitrogens with zero attached hydrogens (tertiary/aromatic N) is 2. The predicted molar refractivity (Wildman–Crippen MR) is 111 cm³/mol. The lowest BCUT2D eigenvalue weighted by molar-refractivity contribution is 0.0946. The third kappa shape index (κ3) is 5.94. The van der Waals surface area contributed by atoms with Gasteiger partial charge in [0.2, 0.25) is 10.0 Å². The molecule has 1 heterocycles. The zero-order valence-electron chi connectivity index (χ0n) is 17.2. The number of amides is 1. The summed E-state index contributed by atoms with van der Waals surface area (Å²) in [4.78, 5) is 15.0. The van der Waals surface area contributed by atoms with E-state index in [4.69, 9.17) is 0 Å². The fraction of sp³-hybridized carbons (Fsp3) is 0.650. The summed E-state index contributed by atoms with van der Waals surface area (Å²) < 4.78 is 24.8. The quantitative estimate of drug-likeness (QED) is 0.720. The molecule has 1 aliphatic heterocycles. The van der Waals surface area contributed by atoms with Crippen LogP contribution in [-0.2, 0) is 10.0 Å². The van der Waals surface area contributed by atoms with Gasteiger partial charge in [-0.05, 0) is 55.8 Å². The van der Waals surface area contributed by atoms with E-state index in [1.807, 2.05) is 0 Å². The SMILES string of the molecule is Cc1c(C(=O)NCCCN2C[C@H](C)C[C@H](C)C2)cccc1N(C)S(C)(=O)=O.